The van der Waals surface area contributed by atoms with E-state index in [-0.39, 0.29) is 18.1 Å². The van der Waals surface area contributed by atoms with Crippen LogP contribution in [0.4, 0.5) is 11.5 Å². The number of carbonyl (C=O) groups excluding carboxylic acids is 1. The summed E-state index contributed by atoms with van der Waals surface area (Å²) in [5.74, 6) is 2.25. The molecule has 7 nitrogen and oxygen atoms in total. The van der Waals surface area contributed by atoms with E-state index in [9.17, 15) is 4.79 Å². The van der Waals surface area contributed by atoms with Crippen molar-refractivity contribution >= 4 is 23.5 Å². The number of pyridine rings is 2. The third-order valence-corrected chi connectivity index (χ3v) is 8.23. The maximum absolute atomic E-state index is 13.2. The highest BCUT2D eigenvalue weighted by molar-refractivity contribution is 5.79. The molecule has 6 rings (SSSR count). The molecular weight excluding hydrogens is 450 g/mol. The first kappa shape index (κ1) is 23.5. The van der Waals surface area contributed by atoms with Crippen LogP contribution in [0, 0.1) is 5.92 Å². The van der Waals surface area contributed by atoms with Crippen LogP contribution in [0.2, 0.25) is 0 Å². The summed E-state index contributed by atoms with van der Waals surface area (Å²) >= 11 is 0. The van der Waals surface area contributed by atoms with E-state index in [1.54, 1.807) is 6.08 Å². The van der Waals surface area contributed by atoms with Crippen LogP contribution in [-0.4, -0.2) is 59.2 Å². The Hall–Kier alpha value is -2.93. The number of aromatic nitrogens is 2. The molecule has 2 aliphatic heterocycles. The number of hydrogen-bond acceptors (Lipinski definition) is 6. The average Bonchev–Trinajstić information content (AvgIpc) is 3.85. The van der Waals surface area contributed by atoms with Gasteiger partial charge in [0.25, 0.3) is 0 Å². The van der Waals surface area contributed by atoms with Crippen LogP contribution >= 0.6 is 0 Å². The SMILES string of the molecule is C=Cc1cc(-c2cc(N)c(N3CCN(C(=O)CCC4CCCO4)[C@H](C4CC4)C3)nc2C2CC2)ccn1. The average molecular weight is 488 g/mol. The van der Waals surface area contributed by atoms with Crippen molar-refractivity contribution in [3.05, 3.63) is 42.4 Å². The summed E-state index contributed by atoms with van der Waals surface area (Å²) in [6, 6.07) is 6.43. The van der Waals surface area contributed by atoms with E-state index in [0.717, 1.165) is 73.8 Å². The molecule has 7 heteroatoms. The minimum atomic E-state index is 0.247. The van der Waals surface area contributed by atoms with E-state index in [1.807, 2.05) is 12.3 Å². The van der Waals surface area contributed by atoms with Crippen molar-refractivity contribution in [2.75, 3.05) is 36.9 Å². The van der Waals surface area contributed by atoms with Gasteiger partial charge in [-0.1, -0.05) is 6.58 Å². The van der Waals surface area contributed by atoms with E-state index < -0.39 is 0 Å². The summed E-state index contributed by atoms with van der Waals surface area (Å²) in [6.07, 6.45) is 12.2. The lowest BCUT2D eigenvalue weighted by Crippen LogP contribution is -2.56. The zero-order valence-electron chi connectivity index (χ0n) is 21.1. The number of piperazine rings is 1. The second-order valence-electron chi connectivity index (χ2n) is 10.9. The zero-order chi connectivity index (χ0) is 24.6. The standard InChI is InChI=1S/C29H37N5O2/c1-2-22-16-21(11-12-31-22)24-17-25(30)29(32-28(24)20-7-8-20)33-13-14-34(26(18-33)19-5-6-19)27(35)10-9-23-4-3-15-36-23/h2,11-12,16-17,19-20,23,26H,1,3-10,13-15,18,30H2/t23?,26-/m0/s1. The second-order valence-corrected chi connectivity index (χ2v) is 10.9. The molecule has 190 valence electrons. The fourth-order valence-corrected chi connectivity index (χ4v) is 5.91. The second kappa shape index (κ2) is 9.85. The molecule has 0 spiro atoms. The Morgan fingerprint density at radius 1 is 1.19 bits per heavy atom. The first-order valence-electron chi connectivity index (χ1n) is 13.7. The summed E-state index contributed by atoms with van der Waals surface area (Å²) in [5, 5.41) is 0. The lowest BCUT2D eigenvalue weighted by atomic mass is 10.00. The number of ether oxygens (including phenoxy) is 1. The molecule has 4 fully saturated rings. The summed E-state index contributed by atoms with van der Waals surface area (Å²) in [6.45, 7) is 7.02. The Balaban J connectivity index is 1.22. The summed E-state index contributed by atoms with van der Waals surface area (Å²) in [7, 11) is 0. The smallest absolute Gasteiger partial charge is 0.223 e. The fourth-order valence-electron chi connectivity index (χ4n) is 5.91. The maximum Gasteiger partial charge on any atom is 0.223 e. The number of rotatable bonds is 8. The van der Waals surface area contributed by atoms with Crippen LogP contribution in [0.15, 0.2) is 31.0 Å². The molecule has 2 N–H and O–H groups in total. The largest absolute Gasteiger partial charge is 0.396 e. The number of hydrogen-bond donors (Lipinski definition) is 1. The number of amides is 1. The quantitative estimate of drug-likeness (QED) is 0.584. The molecule has 2 atom stereocenters. The predicted octanol–water partition coefficient (Wildman–Crippen LogP) is 4.63. The molecule has 1 unspecified atom stereocenters. The minimum Gasteiger partial charge on any atom is -0.396 e. The highest BCUT2D eigenvalue weighted by atomic mass is 16.5. The fraction of sp³-hybridized carbons (Fsp3) is 0.552. The van der Waals surface area contributed by atoms with Crippen molar-refractivity contribution in [1.29, 1.82) is 0 Å². The van der Waals surface area contributed by atoms with Gasteiger partial charge < -0.3 is 20.3 Å². The van der Waals surface area contributed by atoms with Crippen molar-refractivity contribution in [2.45, 2.75) is 69.4 Å². The molecule has 2 saturated heterocycles. The molecule has 2 aromatic heterocycles. The van der Waals surface area contributed by atoms with Gasteiger partial charge in [0.05, 0.1) is 29.2 Å². The van der Waals surface area contributed by atoms with E-state index in [0.29, 0.717) is 23.9 Å². The van der Waals surface area contributed by atoms with Gasteiger partial charge in [-0.3, -0.25) is 9.78 Å². The van der Waals surface area contributed by atoms with E-state index in [1.165, 1.54) is 25.7 Å². The van der Waals surface area contributed by atoms with Gasteiger partial charge in [0.2, 0.25) is 5.91 Å². The number of anilines is 2. The molecule has 4 heterocycles. The van der Waals surface area contributed by atoms with Crippen molar-refractivity contribution in [3.63, 3.8) is 0 Å². The van der Waals surface area contributed by atoms with Crippen LogP contribution in [0.25, 0.3) is 17.2 Å². The van der Waals surface area contributed by atoms with Gasteiger partial charge in [-0.25, -0.2) is 4.98 Å². The molecule has 2 aliphatic carbocycles. The van der Waals surface area contributed by atoms with Crippen molar-refractivity contribution in [3.8, 4) is 11.1 Å². The molecule has 4 aliphatic rings. The monoisotopic (exact) mass is 487 g/mol. The molecule has 36 heavy (non-hydrogen) atoms. The Bertz CT molecular complexity index is 1140. The minimum absolute atomic E-state index is 0.247. The topological polar surface area (TPSA) is 84.6 Å². The van der Waals surface area contributed by atoms with Crippen LogP contribution < -0.4 is 10.6 Å². The van der Waals surface area contributed by atoms with E-state index in [2.05, 4.69) is 33.5 Å². The summed E-state index contributed by atoms with van der Waals surface area (Å²) in [5.41, 5.74) is 11.6. The Kier molecular flexibility index (Phi) is 6.42. The number of nitrogen functional groups attached to an aromatic ring is 1. The van der Waals surface area contributed by atoms with Gasteiger partial charge in [-0.2, -0.15) is 0 Å². The Morgan fingerprint density at radius 2 is 2.06 bits per heavy atom. The highest BCUT2D eigenvalue weighted by Gasteiger charge is 2.41. The normalized spacial score (nSPS) is 24.2. The molecule has 0 aromatic carbocycles. The van der Waals surface area contributed by atoms with Gasteiger partial charge in [0, 0.05) is 50.3 Å². The first-order valence-corrected chi connectivity index (χ1v) is 13.7. The third kappa shape index (κ3) is 4.85. The number of nitrogens with zero attached hydrogens (tertiary/aromatic N) is 4. The van der Waals surface area contributed by atoms with E-state index >= 15 is 0 Å². The Labute approximate surface area is 213 Å². The molecule has 2 saturated carbocycles. The maximum atomic E-state index is 13.2. The summed E-state index contributed by atoms with van der Waals surface area (Å²) in [4.78, 5) is 27.3. The van der Waals surface area contributed by atoms with Gasteiger partial charge >= 0.3 is 0 Å². The van der Waals surface area contributed by atoms with Crippen LogP contribution in [0.5, 0.6) is 0 Å². The molecule has 1 amide bonds. The number of carbonyl (C=O) groups is 1. The van der Waals surface area contributed by atoms with Gasteiger partial charge in [-0.05, 0) is 80.7 Å². The van der Waals surface area contributed by atoms with Crippen LogP contribution in [0.3, 0.4) is 0 Å². The van der Waals surface area contributed by atoms with Crippen molar-refractivity contribution in [2.24, 2.45) is 5.92 Å². The van der Waals surface area contributed by atoms with Crippen molar-refractivity contribution in [1.82, 2.24) is 14.9 Å². The van der Waals surface area contributed by atoms with Gasteiger partial charge in [-0.15, -0.1) is 0 Å². The third-order valence-electron chi connectivity index (χ3n) is 8.23. The van der Waals surface area contributed by atoms with Gasteiger partial charge in [0.1, 0.15) is 0 Å². The lowest BCUT2D eigenvalue weighted by molar-refractivity contribution is -0.135. The summed E-state index contributed by atoms with van der Waals surface area (Å²) < 4.78 is 5.75. The molecule has 2 aromatic rings. The first-order chi connectivity index (χ1) is 17.6. The molecule has 0 radical (unpaired) electrons. The predicted molar refractivity (Wildman–Crippen MR) is 143 cm³/mol. The van der Waals surface area contributed by atoms with E-state index in [4.69, 9.17) is 15.5 Å². The Morgan fingerprint density at radius 3 is 2.78 bits per heavy atom. The van der Waals surface area contributed by atoms with Crippen LogP contribution in [-0.2, 0) is 9.53 Å². The zero-order valence-corrected chi connectivity index (χ0v) is 21.1. The highest BCUT2D eigenvalue weighted by Crippen LogP contribution is 2.46. The van der Waals surface area contributed by atoms with Crippen LogP contribution in [0.1, 0.15) is 68.7 Å². The molecule has 0 bridgehead atoms. The van der Waals surface area contributed by atoms with Crippen molar-refractivity contribution < 1.29 is 9.53 Å². The number of nitrogens with two attached hydrogens (primary N) is 1. The molecular formula is C29H37N5O2. The lowest BCUT2D eigenvalue weighted by Gasteiger charge is -2.43. The van der Waals surface area contributed by atoms with Gasteiger partial charge in [0.15, 0.2) is 5.82 Å².